The highest BCUT2D eigenvalue weighted by Gasteiger charge is 2.18. The fraction of sp³-hybridized carbons (Fsp3) is 0.206. The number of ether oxygens (including phenoxy) is 2. The van der Waals surface area contributed by atoms with Crippen LogP contribution in [0.4, 0.5) is 0 Å². The Bertz CT molecular complexity index is 1830. The molecule has 214 valence electrons. The Kier molecular flexibility index (Phi) is 9.28. The first-order chi connectivity index (χ1) is 20.2. The van der Waals surface area contributed by atoms with Gasteiger partial charge in [-0.3, -0.25) is 4.79 Å². The molecule has 0 aliphatic heterocycles. The standard InChI is InChI=1S/C34H31ClIN3O3/c1-5-41-32-16-22(4)28(18-27(32)21(2)3)33-38-30-9-7-6-8-26(30)34(40)39(33)37-19-24-12-15-31(29(36)17-24)42-20-23-10-13-25(35)14-11-23/h6-19,21H,5,20H2,1-4H3. The number of hydrogen-bond donors (Lipinski definition) is 0. The molecule has 0 bridgehead atoms. The van der Waals surface area contributed by atoms with E-state index < -0.39 is 0 Å². The number of hydrogen-bond acceptors (Lipinski definition) is 5. The molecule has 8 heteroatoms. The molecule has 5 aromatic rings. The molecule has 0 atom stereocenters. The van der Waals surface area contributed by atoms with E-state index in [2.05, 4.69) is 47.6 Å². The maximum Gasteiger partial charge on any atom is 0.282 e. The van der Waals surface area contributed by atoms with E-state index >= 15 is 0 Å². The van der Waals surface area contributed by atoms with Crippen LogP contribution in [0.3, 0.4) is 0 Å². The molecule has 0 N–H and O–H groups in total. The lowest BCUT2D eigenvalue weighted by molar-refractivity contribution is 0.304. The number of halogens is 2. The molecule has 0 aliphatic rings. The third-order valence-corrected chi connectivity index (χ3v) is 7.95. The van der Waals surface area contributed by atoms with Gasteiger partial charge in [-0.1, -0.05) is 49.7 Å². The maximum absolute atomic E-state index is 13.8. The van der Waals surface area contributed by atoms with Crippen molar-refractivity contribution in [1.29, 1.82) is 0 Å². The minimum atomic E-state index is -0.233. The Morgan fingerprint density at radius 2 is 1.76 bits per heavy atom. The zero-order valence-electron chi connectivity index (χ0n) is 23.9. The summed E-state index contributed by atoms with van der Waals surface area (Å²) in [6, 6.07) is 24.8. The Balaban J connectivity index is 1.53. The Morgan fingerprint density at radius 1 is 1.00 bits per heavy atom. The number of rotatable bonds is 9. The predicted molar refractivity (Wildman–Crippen MR) is 179 cm³/mol. The lowest BCUT2D eigenvalue weighted by atomic mass is 9.96. The Labute approximate surface area is 264 Å². The second-order valence-corrected chi connectivity index (χ2v) is 11.8. The molecule has 4 aromatic carbocycles. The topological polar surface area (TPSA) is 65.7 Å². The summed E-state index contributed by atoms with van der Waals surface area (Å²) in [5.74, 6) is 2.31. The molecule has 0 saturated carbocycles. The first kappa shape index (κ1) is 29.8. The van der Waals surface area contributed by atoms with Crippen LogP contribution in [0.25, 0.3) is 22.3 Å². The minimum absolute atomic E-state index is 0.220. The van der Waals surface area contributed by atoms with Crippen molar-refractivity contribution < 1.29 is 9.47 Å². The molecule has 0 aliphatic carbocycles. The zero-order chi connectivity index (χ0) is 29.8. The molecule has 42 heavy (non-hydrogen) atoms. The number of benzene rings is 4. The number of aryl methyl sites for hydroxylation is 1. The fourth-order valence-corrected chi connectivity index (χ4v) is 5.48. The smallest absolute Gasteiger partial charge is 0.282 e. The summed E-state index contributed by atoms with van der Waals surface area (Å²) in [7, 11) is 0. The molecular formula is C34H31ClIN3O3. The van der Waals surface area contributed by atoms with Gasteiger partial charge in [0.2, 0.25) is 0 Å². The molecular weight excluding hydrogens is 661 g/mol. The summed E-state index contributed by atoms with van der Waals surface area (Å²) < 4.78 is 14.3. The average molecular weight is 692 g/mol. The van der Waals surface area contributed by atoms with Crippen molar-refractivity contribution in [3.63, 3.8) is 0 Å². The van der Waals surface area contributed by atoms with Gasteiger partial charge in [0.05, 0.1) is 27.3 Å². The quantitative estimate of drug-likeness (QED) is 0.115. The summed E-state index contributed by atoms with van der Waals surface area (Å²) in [5, 5.41) is 5.88. The predicted octanol–water partition coefficient (Wildman–Crippen LogP) is 8.61. The second kappa shape index (κ2) is 13.1. The van der Waals surface area contributed by atoms with Gasteiger partial charge < -0.3 is 9.47 Å². The van der Waals surface area contributed by atoms with Gasteiger partial charge in [-0.2, -0.15) is 9.78 Å². The van der Waals surface area contributed by atoms with E-state index in [1.165, 1.54) is 4.68 Å². The van der Waals surface area contributed by atoms with Gasteiger partial charge in [0, 0.05) is 10.6 Å². The van der Waals surface area contributed by atoms with E-state index in [0.717, 1.165) is 42.9 Å². The van der Waals surface area contributed by atoms with Gasteiger partial charge in [-0.05, 0) is 119 Å². The van der Waals surface area contributed by atoms with Crippen LogP contribution in [0.5, 0.6) is 11.5 Å². The normalized spacial score (nSPS) is 11.5. The summed E-state index contributed by atoms with van der Waals surface area (Å²) in [6.45, 7) is 9.24. The van der Waals surface area contributed by atoms with Crippen molar-refractivity contribution in [3.05, 3.63) is 120 Å². The van der Waals surface area contributed by atoms with Crippen LogP contribution in [-0.2, 0) is 6.61 Å². The molecule has 0 saturated heterocycles. The van der Waals surface area contributed by atoms with Gasteiger partial charge in [0.1, 0.15) is 18.1 Å². The van der Waals surface area contributed by atoms with Crippen LogP contribution in [0, 0.1) is 10.5 Å². The highest BCUT2D eigenvalue weighted by molar-refractivity contribution is 14.1. The van der Waals surface area contributed by atoms with Crippen molar-refractivity contribution in [1.82, 2.24) is 9.66 Å². The third-order valence-electron chi connectivity index (χ3n) is 6.86. The van der Waals surface area contributed by atoms with E-state index in [0.29, 0.717) is 35.0 Å². The lowest BCUT2D eigenvalue weighted by Crippen LogP contribution is -2.21. The van der Waals surface area contributed by atoms with E-state index in [9.17, 15) is 4.79 Å². The Hall–Kier alpha value is -3.69. The van der Waals surface area contributed by atoms with Crippen molar-refractivity contribution in [2.75, 3.05) is 6.61 Å². The molecule has 1 heterocycles. The van der Waals surface area contributed by atoms with Crippen molar-refractivity contribution >= 4 is 51.3 Å². The third kappa shape index (κ3) is 6.52. The van der Waals surface area contributed by atoms with Crippen LogP contribution in [0.1, 0.15) is 48.9 Å². The molecule has 0 radical (unpaired) electrons. The van der Waals surface area contributed by atoms with Crippen molar-refractivity contribution in [2.45, 2.75) is 40.2 Å². The SMILES string of the molecule is CCOc1cc(C)c(-c2nc3ccccc3c(=O)n2N=Cc2ccc(OCc3ccc(Cl)cc3)c(I)c2)cc1C(C)C. The zero-order valence-corrected chi connectivity index (χ0v) is 26.8. The second-order valence-electron chi connectivity index (χ2n) is 10.2. The van der Waals surface area contributed by atoms with E-state index in [4.69, 9.17) is 26.1 Å². The maximum atomic E-state index is 13.8. The fourth-order valence-electron chi connectivity index (χ4n) is 4.66. The number of aromatic nitrogens is 2. The van der Waals surface area contributed by atoms with Gasteiger partial charge in [0.15, 0.2) is 5.82 Å². The first-order valence-corrected chi connectivity index (χ1v) is 15.2. The number of para-hydroxylation sites is 1. The lowest BCUT2D eigenvalue weighted by Gasteiger charge is -2.18. The highest BCUT2D eigenvalue weighted by Crippen LogP contribution is 2.34. The van der Waals surface area contributed by atoms with Gasteiger partial charge in [-0.15, -0.1) is 0 Å². The molecule has 0 amide bonds. The number of fused-ring (bicyclic) bond motifs is 1. The van der Waals surface area contributed by atoms with Crippen LogP contribution in [-0.4, -0.2) is 22.5 Å². The molecule has 0 unspecified atom stereocenters. The summed E-state index contributed by atoms with van der Waals surface area (Å²) >= 11 is 8.23. The summed E-state index contributed by atoms with van der Waals surface area (Å²) in [4.78, 5) is 18.7. The van der Waals surface area contributed by atoms with Gasteiger partial charge in [0.25, 0.3) is 5.56 Å². The first-order valence-electron chi connectivity index (χ1n) is 13.8. The van der Waals surface area contributed by atoms with Gasteiger partial charge >= 0.3 is 0 Å². The summed E-state index contributed by atoms with van der Waals surface area (Å²) in [5.41, 5.74) is 5.09. The van der Waals surface area contributed by atoms with E-state index in [1.54, 1.807) is 12.3 Å². The highest BCUT2D eigenvalue weighted by atomic mass is 127. The summed E-state index contributed by atoms with van der Waals surface area (Å²) in [6.07, 6.45) is 1.68. The minimum Gasteiger partial charge on any atom is -0.494 e. The van der Waals surface area contributed by atoms with Crippen molar-refractivity contribution in [2.24, 2.45) is 5.10 Å². The molecule has 6 nitrogen and oxygen atoms in total. The van der Waals surface area contributed by atoms with Crippen LogP contribution < -0.4 is 15.0 Å². The van der Waals surface area contributed by atoms with Crippen LogP contribution in [0.2, 0.25) is 5.02 Å². The van der Waals surface area contributed by atoms with E-state index in [1.807, 2.05) is 80.6 Å². The van der Waals surface area contributed by atoms with Crippen molar-refractivity contribution in [3.8, 4) is 22.9 Å². The average Bonchev–Trinajstić information content (AvgIpc) is 2.97. The Morgan fingerprint density at radius 3 is 2.48 bits per heavy atom. The monoisotopic (exact) mass is 691 g/mol. The largest absolute Gasteiger partial charge is 0.494 e. The molecule has 0 fully saturated rings. The van der Waals surface area contributed by atoms with Crippen LogP contribution in [0.15, 0.2) is 88.8 Å². The van der Waals surface area contributed by atoms with Gasteiger partial charge in [-0.25, -0.2) is 4.98 Å². The molecule has 1 aromatic heterocycles. The van der Waals surface area contributed by atoms with Crippen LogP contribution >= 0.6 is 34.2 Å². The number of nitrogens with zero attached hydrogens (tertiary/aromatic N) is 3. The molecule has 0 spiro atoms. The van der Waals surface area contributed by atoms with E-state index in [-0.39, 0.29) is 11.5 Å². The molecule has 5 rings (SSSR count).